The van der Waals surface area contributed by atoms with Gasteiger partial charge in [0.2, 0.25) is 0 Å². The fourth-order valence-electron chi connectivity index (χ4n) is 6.91. The number of fused-ring (bicyclic) bond motifs is 6. The Hall–Kier alpha value is -5.23. The van der Waals surface area contributed by atoms with Crippen molar-refractivity contribution in [1.29, 1.82) is 0 Å². The van der Waals surface area contributed by atoms with Gasteiger partial charge in [-0.05, 0) is 77.1 Å². The minimum absolute atomic E-state index is 0.212. The molecule has 2 aromatic heterocycles. The van der Waals surface area contributed by atoms with Crippen molar-refractivity contribution in [2.24, 2.45) is 0 Å². The number of aryl methyl sites for hydroxylation is 1. The Morgan fingerprint density at radius 3 is 2.65 bits per heavy atom. The van der Waals surface area contributed by atoms with Gasteiger partial charge in [0, 0.05) is 23.9 Å². The van der Waals surface area contributed by atoms with E-state index >= 15 is 0 Å². The molecule has 8 rings (SSSR count). The average Bonchev–Trinajstić information content (AvgIpc) is 3.45. The summed E-state index contributed by atoms with van der Waals surface area (Å²) in [5.74, 6) is 0.963. The molecule has 1 unspecified atom stereocenters. The van der Waals surface area contributed by atoms with Crippen LogP contribution in [0.5, 0.6) is 0 Å². The lowest BCUT2D eigenvalue weighted by atomic mass is 9.75. The molecule has 0 radical (unpaired) electrons. The van der Waals surface area contributed by atoms with E-state index in [2.05, 4.69) is 89.7 Å². The number of nitrogens with one attached hydrogen (secondary N) is 1. The van der Waals surface area contributed by atoms with Crippen molar-refractivity contribution in [3.63, 3.8) is 0 Å². The van der Waals surface area contributed by atoms with Crippen LogP contribution in [0.3, 0.4) is 0 Å². The summed E-state index contributed by atoms with van der Waals surface area (Å²) in [6, 6.07) is 28.8. The molecule has 0 fully saturated rings. The van der Waals surface area contributed by atoms with Gasteiger partial charge in [-0.2, -0.15) is 0 Å². The summed E-state index contributed by atoms with van der Waals surface area (Å²) in [4.78, 5) is 26.8. The largest absolute Gasteiger partial charge is 0.478 e. The number of hydrogen-bond donors (Lipinski definition) is 2. The van der Waals surface area contributed by atoms with Gasteiger partial charge in [-0.15, -0.1) is 0 Å². The zero-order chi connectivity index (χ0) is 29.1. The fourth-order valence-corrected chi connectivity index (χ4v) is 6.91. The first-order chi connectivity index (χ1) is 21.0. The van der Waals surface area contributed by atoms with E-state index in [4.69, 9.17) is 9.97 Å². The minimum Gasteiger partial charge on any atom is -0.478 e. The lowest BCUT2D eigenvalue weighted by molar-refractivity contribution is 0.0697. The van der Waals surface area contributed by atoms with Crippen molar-refractivity contribution in [1.82, 2.24) is 15.0 Å². The van der Waals surface area contributed by atoms with Crippen molar-refractivity contribution in [2.45, 2.75) is 31.7 Å². The van der Waals surface area contributed by atoms with E-state index in [0.717, 1.165) is 52.8 Å². The van der Waals surface area contributed by atoms with E-state index < -0.39 is 5.97 Å². The smallest absolute Gasteiger partial charge is 0.335 e. The molecule has 0 saturated carbocycles. The van der Waals surface area contributed by atoms with Crippen LogP contribution in [0.1, 0.15) is 51.6 Å². The maximum Gasteiger partial charge on any atom is 0.335 e. The van der Waals surface area contributed by atoms with Crippen molar-refractivity contribution >= 4 is 50.1 Å². The summed E-state index contributed by atoms with van der Waals surface area (Å²) in [5.41, 5.74) is 9.62. The van der Waals surface area contributed by atoms with Gasteiger partial charge >= 0.3 is 5.97 Å². The minimum atomic E-state index is -0.950. The highest BCUT2D eigenvalue weighted by Gasteiger charge is 2.27. The van der Waals surface area contributed by atoms with Crippen LogP contribution in [0.2, 0.25) is 0 Å². The molecule has 2 N–H and O–H groups in total. The number of aromatic carboxylic acids is 1. The van der Waals surface area contributed by atoms with Crippen molar-refractivity contribution in [3.8, 4) is 0 Å². The first-order valence-electron chi connectivity index (χ1n) is 14.8. The molecular formula is C37H30N4O2. The number of rotatable bonds is 5. The number of nitrogens with zero attached hydrogens (tertiary/aromatic N) is 3. The molecule has 6 heteroatoms. The Balaban J connectivity index is 1.15. The number of pyridine rings is 1. The molecule has 0 spiro atoms. The maximum atomic E-state index is 11.5. The number of imidazole rings is 1. The quantitative estimate of drug-likeness (QED) is 0.222. The van der Waals surface area contributed by atoms with E-state index in [1.807, 2.05) is 6.07 Å². The van der Waals surface area contributed by atoms with E-state index in [1.54, 1.807) is 18.2 Å². The number of carbonyl (C=O) groups is 1. The van der Waals surface area contributed by atoms with Crippen LogP contribution >= 0.6 is 0 Å². The van der Waals surface area contributed by atoms with Gasteiger partial charge in [0.1, 0.15) is 11.6 Å². The number of aromatic amines is 1. The topological polar surface area (TPSA) is 82.1 Å². The highest BCUT2D eigenvalue weighted by atomic mass is 16.4. The Labute approximate surface area is 249 Å². The van der Waals surface area contributed by atoms with Crippen LogP contribution in [-0.2, 0) is 13.0 Å². The molecule has 0 bridgehead atoms. The van der Waals surface area contributed by atoms with Gasteiger partial charge < -0.3 is 15.0 Å². The Kier molecular flexibility index (Phi) is 5.89. The van der Waals surface area contributed by atoms with Gasteiger partial charge in [0.25, 0.3) is 0 Å². The number of benzene rings is 4. The Morgan fingerprint density at radius 1 is 0.930 bits per heavy atom. The summed E-state index contributed by atoms with van der Waals surface area (Å²) in [5, 5.41) is 13.2. The molecule has 0 saturated heterocycles. The maximum absolute atomic E-state index is 11.5. The molecule has 1 atom stereocenters. The molecule has 6 aromatic rings. The second-order valence-electron chi connectivity index (χ2n) is 11.7. The van der Waals surface area contributed by atoms with Crippen molar-refractivity contribution < 1.29 is 9.90 Å². The summed E-state index contributed by atoms with van der Waals surface area (Å²) in [6.45, 7) is 0.514. The Bertz CT molecular complexity index is 2160. The van der Waals surface area contributed by atoms with Crippen LogP contribution in [-0.4, -0.2) is 33.1 Å². The van der Waals surface area contributed by atoms with Gasteiger partial charge in [-0.3, -0.25) is 0 Å². The predicted molar refractivity (Wildman–Crippen MR) is 173 cm³/mol. The summed E-state index contributed by atoms with van der Waals surface area (Å²) < 4.78 is 0. The zero-order valence-electron chi connectivity index (χ0n) is 23.8. The third-order valence-electron chi connectivity index (χ3n) is 9.01. The summed E-state index contributed by atoms with van der Waals surface area (Å²) in [7, 11) is 2.05. The lowest BCUT2D eigenvalue weighted by Crippen LogP contribution is -2.22. The number of carboxylic acid groups (broad SMARTS) is 1. The molecule has 2 heterocycles. The SMILES string of the molecule is CN(Cc1nc2ccc(C(=O)O)cc2[nH]1)c1nc2ccccc2cc1C1C=CC2=C(CCc3c2ccc2ccccc32)C1. The van der Waals surface area contributed by atoms with E-state index in [-0.39, 0.29) is 11.5 Å². The predicted octanol–water partition coefficient (Wildman–Crippen LogP) is 8.04. The number of carboxylic acids is 1. The molecule has 0 amide bonds. The van der Waals surface area contributed by atoms with Crippen LogP contribution in [0.4, 0.5) is 5.82 Å². The van der Waals surface area contributed by atoms with Crippen LogP contribution in [0.25, 0.3) is 38.3 Å². The van der Waals surface area contributed by atoms with Crippen LogP contribution in [0.15, 0.2) is 103 Å². The highest BCUT2D eigenvalue weighted by Crippen LogP contribution is 2.45. The zero-order valence-corrected chi connectivity index (χ0v) is 23.8. The van der Waals surface area contributed by atoms with Crippen LogP contribution < -0.4 is 4.90 Å². The van der Waals surface area contributed by atoms with E-state index in [0.29, 0.717) is 6.54 Å². The normalized spacial score (nSPS) is 16.1. The fraction of sp³-hybridized carbons (Fsp3) is 0.162. The summed E-state index contributed by atoms with van der Waals surface area (Å²) >= 11 is 0. The van der Waals surface area contributed by atoms with Gasteiger partial charge in [0.05, 0.1) is 28.7 Å². The second-order valence-corrected chi connectivity index (χ2v) is 11.7. The molecule has 2 aliphatic carbocycles. The number of aromatic nitrogens is 3. The third kappa shape index (κ3) is 4.38. The molecule has 2 aliphatic rings. The van der Waals surface area contributed by atoms with Gasteiger partial charge in [-0.1, -0.05) is 72.3 Å². The molecule has 4 aromatic carbocycles. The number of H-pyrrole nitrogens is 1. The number of hydrogen-bond acceptors (Lipinski definition) is 4. The Morgan fingerprint density at radius 2 is 1.77 bits per heavy atom. The molecular weight excluding hydrogens is 532 g/mol. The summed E-state index contributed by atoms with van der Waals surface area (Å²) in [6.07, 6.45) is 7.81. The van der Waals surface area contributed by atoms with Crippen LogP contribution in [0, 0.1) is 0 Å². The lowest BCUT2D eigenvalue weighted by Gasteiger charge is -2.31. The standard InChI is InChI=1S/C37H30N4O2/c1-41(21-35-38-33-17-13-26(37(42)43)20-34(33)39-35)36-31(19-25-7-3-5-9-32(25)40-36)24-11-14-28-23(18-24)12-16-29-27-8-4-2-6-22(27)10-15-30(28)29/h2-11,13-15,17,19-20,24H,12,16,18,21H2,1H3,(H,38,39)(H,42,43). The second kappa shape index (κ2) is 9.95. The van der Waals surface area contributed by atoms with Gasteiger partial charge in [0.15, 0.2) is 0 Å². The first kappa shape index (κ1) is 25.5. The van der Waals surface area contributed by atoms with E-state index in [9.17, 15) is 9.90 Å². The molecule has 43 heavy (non-hydrogen) atoms. The third-order valence-corrected chi connectivity index (χ3v) is 9.01. The van der Waals surface area contributed by atoms with Crippen molar-refractivity contribution in [3.05, 3.63) is 131 Å². The molecule has 0 aliphatic heterocycles. The molecule has 210 valence electrons. The number of para-hydroxylation sites is 1. The highest BCUT2D eigenvalue weighted by molar-refractivity contribution is 5.94. The van der Waals surface area contributed by atoms with E-state index in [1.165, 1.54) is 38.6 Å². The number of allylic oxidation sites excluding steroid dienone is 4. The average molecular weight is 563 g/mol. The monoisotopic (exact) mass is 562 g/mol. The number of anilines is 1. The van der Waals surface area contributed by atoms with Gasteiger partial charge in [-0.25, -0.2) is 14.8 Å². The van der Waals surface area contributed by atoms with Crippen molar-refractivity contribution in [2.75, 3.05) is 11.9 Å². The first-order valence-corrected chi connectivity index (χ1v) is 14.8. The molecule has 6 nitrogen and oxygen atoms in total.